The van der Waals surface area contributed by atoms with Crippen LogP contribution in [0.1, 0.15) is 26.3 Å². The molecule has 3 aromatic carbocycles. The van der Waals surface area contributed by atoms with Crippen molar-refractivity contribution in [1.29, 1.82) is 0 Å². The molecule has 0 saturated heterocycles. The Balaban J connectivity index is 1.58. The van der Waals surface area contributed by atoms with E-state index in [2.05, 4.69) is 10.5 Å². The van der Waals surface area contributed by atoms with Crippen molar-refractivity contribution < 1.29 is 19.4 Å². The van der Waals surface area contributed by atoms with Crippen molar-refractivity contribution in [3.8, 4) is 5.75 Å². The number of nitrogens with zero attached hydrogens (tertiary/aromatic N) is 1. The van der Waals surface area contributed by atoms with Crippen molar-refractivity contribution in [3.63, 3.8) is 0 Å². The molecule has 28 heavy (non-hydrogen) atoms. The van der Waals surface area contributed by atoms with Gasteiger partial charge in [-0.2, -0.15) is 5.10 Å². The number of hydrazone groups is 1. The molecule has 3 rings (SSSR count). The number of ether oxygens (including phenoxy) is 1. The molecule has 0 aliphatic rings. The van der Waals surface area contributed by atoms with E-state index in [-0.39, 0.29) is 5.56 Å². The second-order valence-corrected chi connectivity index (χ2v) is 6.10. The number of anilines is 1. The van der Waals surface area contributed by atoms with Gasteiger partial charge in [0, 0.05) is 0 Å². The summed E-state index contributed by atoms with van der Waals surface area (Å²) < 4.78 is 5.31. The van der Waals surface area contributed by atoms with Gasteiger partial charge in [0.25, 0.3) is 0 Å². The summed E-state index contributed by atoms with van der Waals surface area (Å²) in [7, 11) is 0. The molecule has 0 saturated carbocycles. The van der Waals surface area contributed by atoms with Crippen molar-refractivity contribution in [2.24, 2.45) is 5.10 Å². The fraction of sp³-hybridized carbons (Fsp3) is 0. The molecule has 0 spiro atoms. The average molecular weight is 395 g/mol. The number of halogens is 1. The minimum atomic E-state index is -0.981. The van der Waals surface area contributed by atoms with E-state index in [4.69, 9.17) is 21.4 Å². The van der Waals surface area contributed by atoms with E-state index in [1.807, 2.05) is 0 Å². The van der Waals surface area contributed by atoms with Crippen LogP contribution in [-0.2, 0) is 0 Å². The molecule has 7 heteroatoms. The number of hydrogen-bond acceptors (Lipinski definition) is 5. The Morgan fingerprint density at radius 3 is 2.29 bits per heavy atom. The fourth-order valence-corrected chi connectivity index (χ4v) is 2.49. The first-order valence-corrected chi connectivity index (χ1v) is 8.60. The zero-order valence-corrected chi connectivity index (χ0v) is 15.3. The van der Waals surface area contributed by atoms with Crippen LogP contribution in [0.4, 0.5) is 5.69 Å². The van der Waals surface area contributed by atoms with Gasteiger partial charge in [-0.3, -0.25) is 5.43 Å². The van der Waals surface area contributed by atoms with Crippen LogP contribution in [0.5, 0.6) is 5.75 Å². The molecule has 6 nitrogen and oxygen atoms in total. The lowest BCUT2D eigenvalue weighted by Crippen LogP contribution is -2.08. The van der Waals surface area contributed by atoms with Gasteiger partial charge in [0.05, 0.1) is 28.1 Å². The Bertz CT molecular complexity index is 1020. The van der Waals surface area contributed by atoms with Crippen LogP contribution in [0.3, 0.4) is 0 Å². The molecule has 0 heterocycles. The van der Waals surface area contributed by atoms with Crippen molar-refractivity contribution >= 4 is 35.4 Å². The molecule has 140 valence electrons. The van der Waals surface area contributed by atoms with Gasteiger partial charge < -0.3 is 9.84 Å². The highest BCUT2D eigenvalue weighted by atomic mass is 35.5. The number of carboxylic acids is 1. The number of carboxylic acid groups (broad SMARTS) is 1. The summed E-state index contributed by atoms with van der Waals surface area (Å²) in [5.74, 6) is -1.12. The first-order chi connectivity index (χ1) is 13.5. The Morgan fingerprint density at radius 1 is 0.964 bits per heavy atom. The van der Waals surface area contributed by atoms with Gasteiger partial charge in [0.2, 0.25) is 0 Å². The summed E-state index contributed by atoms with van der Waals surface area (Å²) in [6.45, 7) is 0. The van der Waals surface area contributed by atoms with E-state index in [0.29, 0.717) is 22.0 Å². The molecule has 0 fully saturated rings. The maximum Gasteiger partial charge on any atom is 0.345 e. The molecule has 0 aromatic heterocycles. The summed E-state index contributed by atoms with van der Waals surface area (Å²) in [5, 5.41) is 13.3. The number of aromatic carboxylic acids is 1. The molecule has 0 aliphatic carbocycles. The van der Waals surface area contributed by atoms with Crippen LogP contribution in [-0.4, -0.2) is 23.3 Å². The van der Waals surface area contributed by atoms with Crippen LogP contribution >= 0.6 is 11.6 Å². The fourth-order valence-electron chi connectivity index (χ4n) is 2.28. The number of nitrogens with one attached hydrogen (secondary N) is 1. The van der Waals surface area contributed by atoms with E-state index >= 15 is 0 Å². The molecule has 0 amide bonds. The Morgan fingerprint density at radius 2 is 1.64 bits per heavy atom. The number of hydrogen-bond donors (Lipinski definition) is 2. The summed E-state index contributed by atoms with van der Waals surface area (Å²) in [6, 6.07) is 19.7. The largest absolute Gasteiger partial charge is 0.478 e. The van der Waals surface area contributed by atoms with Gasteiger partial charge in [-0.1, -0.05) is 23.7 Å². The van der Waals surface area contributed by atoms with Crippen LogP contribution in [0, 0.1) is 0 Å². The Kier molecular flexibility index (Phi) is 6.04. The number of carbonyl (C=O) groups excluding carboxylic acids is 1. The minimum absolute atomic E-state index is 0.205. The number of carbonyl (C=O) groups is 2. The van der Waals surface area contributed by atoms with Crippen LogP contribution < -0.4 is 10.2 Å². The number of benzene rings is 3. The highest BCUT2D eigenvalue weighted by Gasteiger charge is 2.11. The highest BCUT2D eigenvalue weighted by Crippen LogP contribution is 2.19. The van der Waals surface area contributed by atoms with Gasteiger partial charge in [0.1, 0.15) is 5.75 Å². The summed E-state index contributed by atoms with van der Waals surface area (Å²) in [6.07, 6.45) is 1.59. The molecule has 0 bridgehead atoms. The second kappa shape index (κ2) is 8.83. The van der Waals surface area contributed by atoms with Crippen molar-refractivity contribution in [1.82, 2.24) is 0 Å². The highest BCUT2D eigenvalue weighted by molar-refractivity contribution is 6.33. The molecular weight excluding hydrogens is 380 g/mol. The van der Waals surface area contributed by atoms with Crippen LogP contribution in [0.2, 0.25) is 5.02 Å². The molecule has 0 radical (unpaired) electrons. The van der Waals surface area contributed by atoms with Gasteiger partial charge in [-0.05, 0) is 66.2 Å². The number of rotatable bonds is 6. The summed E-state index contributed by atoms with van der Waals surface area (Å²) in [4.78, 5) is 23.0. The topological polar surface area (TPSA) is 88.0 Å². The third-order valence-electron chi connectivity index (χ3n) is 3.72. The predicted molar refractivity (Wildman–Crippen MR) is 107 cm³/mol. The standard InChI is InChI=1S/C21H15ClN2O4/c22-19-4-2-1-3-18(19)21(27)28-17-11-5-14(6-12-17)13-23-24-16-9-7-15(8-10-16)20(25)26/h1-13,24H,(H,25,26). The SMILES string of the molecule is O=C(O)c1ccc(NN=Cc2ccc(OC(=O)c3ccccc3Cl)cc2)cc1. The molecule has 3 aromatic rings. The predicted octanol–water partition coefficient (Wildman–Crippen LogP) is 4.70. The van der Waals surface area contributed by atoms with Crippen LogP contribution in [0.15, 0.2) is 77.9 Å². The van der Waals surface area contributed by atoms with Gasteiger partial charge >= 0.3 is 11.9 Å². The van der Waals surface area contributed by atoms with E-state index < -0.39 is 11.9 Å². The average Bonchev–Trinajstić information content (AvgIpc) is 2.70. The Labute approximate surface area is 166 Å². The molecule has 2 N–H and O–H groups in total. The zero-order chi connectivity index (χ0) is 19.9. The van der Waals surface area contributed by atoms with Crippen molar-refractivity contribution in [2.45, 2.75) is 0 Å². The molecular formula is C21H15ClN2O4. The molecule has 0 aliphatic heterocycles. The lowest BCUT2D eigenvalue weighted by atomic mass is 10.2. The van der Waals surface area contributed by atoms with E-state index in [1.165, 1.54) is 12.1 Å². The lowest BCUT2D eigenvalue weighted by Gasteiger charge is -2.06. The van der Waals surface area contributed by atoms with E-state index in [0.717, 1.165) is 5.56 Å². The minimum Gasteiger partial charge on any atom is -0.478 e. The maximum absolute atomic E-state index is 12.1. The summed E-state index contributed by atoms with van der Waals surface area (Å²) >= 11 is 5.99. The molecule has 0 unspecified atom stereocenters. The first kappa shape index (κ1) is 19.1. The zero-order valence-electron chi connectivity index (χ0n) is 14.5. The van der Waals surface area contributed by atoms with E-state index in [1.54, 1.807) is 66.9 Å². The van der Waals surface area contributed by atoms with Crippen molar-refractivity contribution in [3.05, 3.63) is 94.5 Å². The summed E-state index contributed by atoms with van der Waals surface area (Å²) in [5.41, 5.74) is 4.76. The monoisotopic (exact) mass is 394 g/mol. The maximum atomic E-state index is 12.1. The quantitative estimate of drug-likeness (QED) is 0.274. The number of esters is 1. The molecule has 0 atom stereocenters. The second-order valence-electron chi connectivity index (χ2n) is 5.69. The van der Waals surface area contributed by atoms with Crippen LogP contribution in [0.25, 0.3) is 0 Å². The normalized spacial score (nSPS) is 10.6. The van der Waals surface area contributed by atoms with E-state index in [9.17, 15) is 9.59 Å². The smallest absolute Gasteiger partial charge is 0.345 e. The van der Waals surface area contributed by atoms with Gasteiger partial charge in [-0.15, -0.1) is 0 Å². The first-order valence-electron chi connectivity index (χ1n) is 8.22. The van der Waals surface area contributed by atoms with Gasteiger partial charge in [0.15, 0.2) is 0 Å². The van der Waals surface area contributed by atoms with Gasteiger partial charge in [-0.25, -0.2) is 9.59 Å². The lowest BCUT2D eigenvalue weighted by molar-refractivity contribution is 0.0694. The van der Waals surface area contributed by atoms with Crippen molar-refractivity contribution in [2.75, 3.05) is 5.43 Å². The third kappa shape index (κ3) is 4.96. The third-order valence-corrected chi connectivity index (χ3v) is 4.05. The Hall–Kier alpha value is -3.64.